The molecule has 1 aliphatic heterocycles. The summed E-state index contributed by atoms with van der Waals surface area (Å²) in [6.07, 6.45) is 8.51. The van der Waals surface area contributed by atoms with E-state index in [0.29, 0.717) is 12.8 Å². The van der Waals surface area contributed by atoms with Crippen LogP contribution in [-0.2, 0) is 14.3 Å². The molecule has 0 radical (unpaired) electrons. The monoisotopic (exact) mass is 223 g/mol. The predicted octanol–water partition coefficient (Wildman–Crippen LogP) is 1.81. The number of amides is 1. The largest absolute Gasteiger partial charge is 0.439 e. The van der Waals surface area contributed by atoms with E-state index >= 15 is 0 Å². The van der Waals surface area contributed by atoms with Crippen molar-refractivity contribution in [3.63, 3.8) is 0 Å². The minimum absolute atomic E-state index is 0.0277. The highest BCUT2D eigenvalue weighted by Crippen LogP contribution is 2.27. The average Bonchev–Trinajstić information content (AvgIpc) is 3.02. The number of primary amides is 1. The van der Waals surface area contributed by atoms with Gasteiger partial charge in [0.2, 0.25) is 17.3 Å². The topological polar surface area (TPSA) is 72.7 Å². The van der Waals surface area contributed by atoms with E-state index in [1.807, 2.05) is 6.08 Å². The van der Waals surface area contributed by atoms with Crippen LogP contribution in [0.2, 0.25) is 0 Å². The summed E-state index contributed by atoms with van der Waals surface area (Å²) in [5, 5.41) is 0. The van der Waals surface area contributed by atoms with Crippen molar-refractivity contribution in [2.24, 2.45) is 5.73 Å². The van der Waals surface area contributed by atoms with Crippen LogP contribution in [0.25, 0.3) is 0 Å². The van der Waals surface area contributed by atoms with Crippen molar-refractivity contribution < 1.29 is 14.3 Å². The van der Waals surface area contributed by atoms with Gasteiger partial charge in [0.05, 0.1) is 0 Å². The third kappa shape index (κ3) is 3.88. The Bertz CT molecular complexity index is 342. The quantitative estimate of drug-likeness (QED) is 0.503. The number of hydrogen-bond acceptors (Lipinski definition) is 3. The first-order chi connectivity index (χ1) is 7.66. The van der Waals surface area contributed by atoms with Gasteiger partial charge >= 0.3 is 0 Å². The van der Waals surface area contributed by atoms with Crippen LogP contribution in [0.3, 0.4) is 0 Å². The molecule has 1 aliphatic rings. The number of ketones is 1. The van der Waals surface area contributed by atoms with Crippen molar-refractivity contribution >= 4 is 11.7 Å². The summed E-state index contributed by atoms with van der Waals surface area (Å²) in [5.74, 6) is -0.634. The molecule has 4 nitrogen and oxygen atoms in total. The fraction of sp³-hybridized carbons (Fsp3) is 0.500. The van der Waals surface area contributed by atoms with Gasteiger partial charge < -0.3 is 10.5 Å². The lowest BCUT2D eigenvalue weighted by Crippen LogP contribution is -2.08. The van der Waals surface area contributed by atoms with Gasteiger partial charge in [-0.1, -0.05) is 31.9 Å². The van der Waals surface area contributed by atoms with Gasteiger partial charge in [0, 0.05) is 6.42 Å². The Morgan fingerprint density at radius 1 is 1.25 bits per heavy atom. The molecular formula is C12H17NO3. The summed E-state index contributed by atoms with van der Waals surface area (Å²) in [5.41, 5.74) is 4.95. The molecule has 0 aliphatic carbocycles. The predicted molar refractivity (Wildman–Crippen MR) is 60.2 cm³/mol. The molecule has 0 aromatic carbocycles. The fourth-order valence-corrected chi connectivity index (χ4v) is 1.31. The Kier molecular flexibility index (Phi) is 4.76. The van der Waals surface area contributed by atoms with Gasteiger partial charge in [0.25, 0.3) is 5.91 Å². The van der Waals surface area contributed by atoms with Crippen molar-refractivity contribution in [1.29, 1.82) is 0 Å². The van der Waals surface area contributed by atoms with Crippen LogP contribution in [0, 0.1) is 0 Å². The van der Waals surface area contributed by atoms with Crippen LogP contribution in [0.15, 0.2) is 23.7 Å². The Hall–Kier alpha value is -1.58. The Morgan fingerprint density at radius 3 is 2.50 bits per heavy atom. The molecule has 4 heteroatoms. The van der Waals surface area contributed by atoms with E-state index in [-0.39, 0.29) is 17.3 Å². The second kappa shape index (κ2) is 6.10. The molecule has 0 fully saturated rings. The van der Waals surface area contributed by atoms with Crippen molar-refractivity contribution in [2.45, 2.75) is 39.0 Å². The van der Waals surface area contributed by atoms with Crippen molar-refractivity contribution in [2.75, 3.05) is 0 Å². The molecule has 0 bridgehead atoms. The summed E-state index contributed by atoms with van der Waals surface area (Å²) in [7, 11) is 0. The van der Waals surface area contributed by atoms with E-state index in [2.05, 4.69) is 13.0 Å². The second-order valence-electron chi connectivity index (χ2n) is 3.70. The minimum Gasteiger partial charge on any atom is -0.439 e. The Morgan fingerprint density at radius 2 is 1.94 bits per heavy atom. The van der Waals surface area contributed by atoms with E-state index in [1.165, 1.54) is 12.8 Å². The lowest BCUT2D eigenvalue weighted by molar-refractivity contribution is -0.116. The summed E-state index contributed by atoms with van der Waals surface area (Å²) in [6.45, 7) is 2.14. The first kappa shape index (κ1) is 12.5. The number of hydrogen-bond donors (Lipinski definition) is 1. The molecule has 2 N–H and O–H groups in total. The summed E-state index contributed by atoms with van der Waals surface area (Å²) < 4.78 is 4.72. The van der Waals surface area contributed by atoms with Gasteiger partial charge in [0.1, 0.15) is 0 Å². The maximum atomic E-state index is 11.4. The van der Waals surface area contributed by atoms with Crippen LogP contribution in [0.5, 0.6) is 0 Å². The minimum atomic E-state index is -0.665. The lowest BCUT2D eigenvalue weighted by atomic mass is 10.1. The van der Waals surface area contributed by atoms with Crippen LogP contribution in [0.1, 0.15) is 39.0 Å². The second-order valence-corrected chi connectivity index (χ2v) is 3.70. The highest BCUT2D eigenvalue weighted by Gasteiger charge is 2.35. The van der Waals surface area contributed by atoms with Gasteiger partial charge in [-0.2, -0.15) is 0 Å². The molecule has 88 valence electrons. The smallest absolute Gasteiger partial charge is 0.288 e. The van der Waals surface area contributed by atoms with Gasteiger partial charge in [-0.15, -0.1) is 0 Å². The highest BCUT2D eigenvalue weighted by molar-refractivity contribution is 6.07. The number of ether oxygens (including phenoxy) is 1. The van der Waals surface area contributed by atoms with Gasteiger partial charge in [-0.05, 0) is 12.8 Å². The van der Waals surface area contributed by atoms with Crippen LogP contribution in [-0.4, -0.2) is 11.7 Å². The lowest BCUT2D eigenvalue weighted by Gasteiger charge is -1.90. The molecule has 0 atom stereocenters. The van der Waals surface area contributed by atoms with E-state index in [1.54, 1.807) is 0 Å². The third-order valence-corrected chi connectivity index (χ3v) is 2.27. The molecular weight excluding hydrogens is 206 g/mol. The molecule has 0 aromatic rings. The molecule has 0 unspecified atom stereocenters. The zero-order valence-electron chi connectivity index (χ0n) is 9.49. The zero-order valence-corrected chi connectivity index (χ0v) is 9.49. The molecule has 0 spiro atoms. The van der Waals surface area contributed by atoms with Crippen LogP contribution in [0.4, 0.5) is 0 Å². The summed E-state index contributed by atoms with van der Waals surface area (Å²) >= 11 is 0. The fourth-order valence-electron chi connectivity index (χ4n) is 1.31. The first-order valence-electron chi connectivity index (χ1n) is 5.57. The van der Waals surface area contributed by atoms with E-state index in [4.69, 9.17) is 10.5 Å². The molecule has 0 saturated carbocycles. The number of allylic oxidation sites excluding steroid dienone is 3. The highest BCUT2D eigenvalue weighted by atomic mass is 16.6. The van der Waals surface area contributed by atoms with Crippen molar-refractivity contribution in [1.82, 2.24) is 0 Å². The van der Waals surface area contributed by atoms with Gasteiger partial charge in [-0.3, -0.25) is 9.59 Å². The van der Waals surface area contributed by atoms with Crippen LogP contribution >= 0.6 is 0 Å². The first-order valence-corrected chi connectivity index (χ1v) is 5.57. The SMILES string of the molecule is CCCCC=CCCC(=O)C1=C(C(N)=O)O1. The maximum absolute atomic E-state index is 11.4. The standard InChI is InChI=1S/C12H17NO3/c1-2-3-4-5-6-7-8-9(14)10-11(16-10)12(13)15/h5-6H,2-4,7-8H2,1H3,(H2,13,15). The number of nitrogens with two attached hydrogens (primary N) is 1. The van der Waals surface area contributed by atoms with Gasteiger partial charge in [0.15, 0.2) is 0 Å². The summed E-state index contributed by atoms with van der Waals surface area (Å²) in [6, 6.07) is 0. The summed E-state index contributed by atoms with van der Waals surface area (Å²) in [4.78, 5) is 22.0. The number of carbonyl (C=O) groups excluding carboxylic acids is 2. The molecule has 1 amide bonds. The van der Waals surface area contributed by atoms with E-state index in [0.717, 1.165) is 6.42 Å². The van der Waals surface area contributed by atoms with E-state index < -0.39 is 5.91 Å². The molecule has 0 saturated heterocycles. The van der Waals surface area contributed by atoms with Gasteiger partial charge in [-0.25, -0.2) is 0 Å². The number of unbranched alkanes of at least 4 members (excludes halogenated alkanes) is 2. The Balaban J connectivity index is 2.17. The molecule has 1 rings (SSSR count). The molecule has 1 heterocycles. The van der Waals surface area contributed by atoms with E-state index in [9.17, 15) is 9.59 Å². The maximum Gasteiger partial charge on any atom is 0.288 e. The van der Waals surface area contributed by atoms with Crippen LogP contribution < -0.4 is 5.73 Å². The van der Waals surface area contributed by atoms with Crippen molar-refractivity contribution in [3.05, 3.63) is 23.7 Å². The average molecular weight is 223 g/mol. The third-order valence-electron chi connectivity index (χ3n) is 2.27. The normalized spacial score (nSPS) is 14.1. The number of Topliss-reactive ketones (excluding diaryl/α,β-unsaturated/α-hetero) is 1. The Labute approximate surface area is 95.1 Å². The molecule has 16 heavy (non-hydrogen) atoms. The molecule has 0 aromatic heterocycles. The number of carbonyl (C=O) groups is 2. The van der Waals surface area contributed by atoms with Crippen molar-refractivity contribution in [3.8, 4) is 0 Å². The zero-order chi connectivity index (χ0) is 12.0. The number of rotatable bonds is 8.